The number of anilines is 1. The molecular formula is C14H17N3. The van der Waals surface area contributed by atoms with Crippen LogP contribution >= 0.6 is 0 Å². The second kappa shape index (κ2) is 4.37. The van der Waals surface area contributed by atoms with Crippen molar-refractivity contribution in [2.24, 2.45) is 5.92 Å². The lowest BCUT2D eigenvalue weighted by atomic mass is 9.85. The fraction of sp³-hybridized carbons (Fsp3) is 0.571. The zero-order valence-corrected chi connectivity index (χ0v) is 9.97. The van der Waals surface area contributed by atoms with Gasteiger partial charge in [0.2, 0.25) is 0 Å². The molecule has 2 heterocycles. The Balaban J connectivity index is 1.81. The van der Waals surface area contributed by atoms with Crippen LogP contribution in [-0.4, -0.2) is 17.6 Å². The lowest BCUT2D eigenvalue weighted by Gasteiger charge is -2.32. The monoisotopic (exact) mass is 227 g/mol. The summed E-state index contributed by atoms with van der Waals surface area (Å²) >= 11 is 0. The van der Waals surface area contributed by atoms with E-state index in [1.165, 1.54) is 37.8 Å². The molecule has 3 heteroatoms. The molecule has 17 heavy (non-hydrogen) atoms. The van der Waals surface area contributed by atoms with Crippen molar-refractivity contribution in [3.05, 3.63) is 24.0 Å². The van der Waals surface area contributed by atoms with Crippen molar-refractivity contribution >= 4 is 5.69 Å². The molecule has 1 aliphatic carbocycles. The van der Waals surface area contributed by atoms with Crippen molar-refractivity contribution in [2.75, 3.05) is 11.4 Å². The number of pyridine rings is 1. The van der Waals surface area contributed by atoms with Gasteiger partial charge in [-0.25, -0.2) is 4.98 Å². The third-order valence-electron chi connectivity index (χ3n) is 4.20. The minimum Gasteiger partial charge on any atom is -0.367 e. The standard InChI is InChI=1S/C14H17N3/c15-9-12-5-6-13(10-16-12)17-8-7-11-3-1-2-4-14(11)17/h5-6,10-11,14H,1-4,7-8H2/t11-,14-/m1/s1. The van der Waals surface area contributed by atoms with E-state index in [-0.39, 0.29) is 0 Å². The highest BCUT2D eigenvalue weighted by Crippen LogP contribution is 2.38. The Bertz CT molecular complexity index is 432. The van der Waals surface area contributed by atoms with Crippen LogP contribution < -0.4 is 4.90 Å². The van der Waals surface area contributed by atoms with Gasteiger partial charge in [0.15, 0.2) is 0 Å². The molecule has 0 unspecified atom stereocenters. The van der Waals surface area contributed by atoms with E-state index in [9.17, 15) is 0 Å². The SMILES string of the molecule is N#Cc1ccc(N2CC[C@H]3CCCC[C@H]32)cn1. The number of hydrogen-bond acceptors (Lipinski definition) is 3. The molecule has 0 spiro atoms. The van der Waals surface area contributed by atoms with E-state index in [2.05, 4.69) is 16.0 Å². The second-order valence-corrected chi connectivity index (χ2v) is 5.11. The van der Waals surface area contributed by atoms with Crippen LogP contribution in [0.2, 0.25) is 0 Å². The van der Waals surface area contributed by atoms with Crippen LogP contribution in [0.1, 0.15) is 37.8 Å². The molecule has 0 N–H and O–H groups in total. The molecule has 2 atom stereocenters. The number of nitriles is 1. The molecule has 1 saturated heterocycles. The number of fused-ring (bicyclic) bond motifs is 1. The van der Waals surface area contributed by atoms with Crippen molar-refractivity contribution in [1.29, 1.82) is 5.26 Å². The maximum atomic E-state index is 8.76. The van der Waals surface area contributed by atoms with Crippen LogP contribution in [0.5, 0.6) is 0 Å². The quantitative estimate of drug-likeness (QED) is 0.740. The molecule has 3 rings (SSSR count). The molecule has 2 fully saturated rings. The first kappa shape index (κ1) is 10.6. The van der Waals surface area contributed by atoms with Crippen molar-refractivity contribution in [1.82, 2.24) is 4.98 Å². The topological polar surface area (TPSA) is 39.9 Å². The molecule has 0 amide bonds. The fourth-order valence-corrected chi connectivity index (χ4v) is 3.35. The smallest absolute Gasteiger partial charge is 0.140 e. The summed E-state index contributed by atoms with van der Waals surface area (Å²) in [6, 6.07) is 6.66. The van der Waals surface area contributed by atoms with Crippen LogP contribution in [-0.2, 0) is 0 Å². The number of rotatable bonds is 1. The van der Waals surface area contributed by atoms with E-state index in [0.717, 1.165) is 18.5 Å². The van der Waals surface area contributed by atoms with Gasteiger partial charge in [0.25, 0.3) is 0 Å². The highest BCUT2D eigenvalue weighted by atomic mass is 15.2. The van der Waals surface area contributed by atoms with Gasteiger partial charge in [-0.1, -0.05) is 12.8 Å². The van der Waals surface area contributed by atoms with Crippen LogP contribution in [0.3, 0.4) is 0 Å². The fourth-order valence-electron chi connectivity index (χ4n) is 3.35. The molecule has 1 aliphatic heterocycles. The number of nitrogens with zero attached hydrogens (tertiary/aromatic N) is 3. The van der Waals surface area contributed by atoms with Crippen molar-refractivity contribution in [3.63, 3.8) is 0 Å². The third kappa shape index (κ3) is 1.88. The zero-order chi connectivity index (χ0) is 11.7. The lowest BCUT2D eigenvalue weighted by molar-refractivity contribution is 0.342. The summed E-state index contributed by atoms with van der Waals surface area (Å²) in [5.74, 6) is 0.888. The Labute approximate surface area is 102 Å². The second-order valence-electron chi connectivity index (χ2n) is 5.11. The summed E-state index contributed by atoms with van der Waals surface area (Å²) in [4.78, 5) is 6.67. The Morgan fingerprint density at radius 3 is 2.88 bits per heavy atom. The summed E-state index contributed by atoms with van der Waals surface area (Å²) in [6.45, 7) is 1.16. The van der Waals surface area contributed by atoms with Crippen molar-refractivity contribution in [2.45, 2.75) is 38.1 Å². The normalized spacial score (nSPS) is 27.6. The summed E-state index contributed by atoms with van der Waals surface area (Å²) in [6.07, 6.45) is 8.66. The lowest BCUT2D eigenvalue weighted by Crippen LogP contribution is -2.34. The van der Waals surface area contributed by atoms with Gasteiger partial charge >= 0.3 is 0 Å². The molecular weight excluding hydrogens is 210 g/mol. The number of hydrogen-bond donors (Lipinski definition) is 0. The van der Waals surface area contributed by atoms with E-state index in [1.54, 1.807) is 0 Å². The van der Waals surface area contributed by atoms with Gasteiger partial charge in [-0.2, -0.15) is 5.26 Å². The molecule has 0 radical (unpaired) electrons. The highest BCUT2D eigenvalue weighted by molar-refractivity contribution is 5.48. The average molecular weight is 227 g/mol. The molecule has 0 aromatic carbocycles. The van der Waals surface area contributed by atoms with Gasteiger partial charge in [0, 0.05) is 12.6 Å². The first-order valence-corrected chi connectivity index (χ1v) is 6.51. The van der Waals surface area contributed by atoms with Gasteiger partial charge in [0.05, 0.1) is 11.9 Å². The third-order valence-corrected chi connectivity index (χ3v) is 4.20. The largest absolute Gasteiger partial charge is 0.367 e. The van der Waals surface area contributed by atoms with Gasteiger partial charge in [-0.05, 0) is 37.3 Å². The van der Waals surface area contributed by atoms with Gasteiger partial charge < -0.3 is 4.90 Å². The maximum absolute atomic E-state index is 8.76. The molecule has 1 aromatic rings. The predicted molar refractivity (Wildman–Crippen MR) is 66.7 cm³/mol. The summed E-state index contributed by atoms with van der Waals surface area (Å²) in [5.41, 5.74) is 1.70. The molecule has 2 aliphatic rings. The molecule has 88 valence electrons. The van der Waals surface area contributed by atoms with Crippen molar-refractivity contribution < 1.29 is 0 Å². The van der Waals surface area contributed by atoms with Crippen LogP contribution in [0.4, 0.5) is 5.69 Å². The predicted octanol–water partition coefficient (Wildman–Crippen LogP) is 2.72. The van der Waals surface area contributed by atoms with Crippen molar-refractivity contribution in [3.8, 4) is 6.07 Å². The summed E-state index contributed by atoms with van der Waals surface area (Å²) < 4.78 is 0. The Hall–Kier alpha value is -1.56. The molecule has 0 bridgehead atoms. The minimum atomic E-state index is 0.508. The van der Waals surface area contributed by atoms with Gasteiger partial charge in [-0.15, -0.1) is 0 Å². The average Bonchev–Trinajstić information content (AvgIpc) is 2.83. The molecule has 1 aromatic heterocycles. The Kier molecular flexibility index (Phi) is 2.72. The summed E-state index contributed by atoms with van der Waals surface area (Å²) in [5, 5.41) is 8.76. The summed E-state index contributed by atoms with van der Waals surface area (Å²) in [7, 11) is 0. The van der Waals surface area contributed by atoms with Gasteiger partial charge in [-0.3, -0.25) is 0 Å². The number of aromatic nitrogens is 1. The Morgan fingerprint density at radius 1 is 1.24 bits per heavy atom. The first-order valence-electron chi connectivity index (χ1n) is 6.51. The minimum absolute atomic E-state index is 0.508. The van der Waals surface area contributed by atoms with E-state index in [1.807, 2.05) is 18.3 Å². The van der Waals surface area contributed by atoms with E-state index in [0.29, 0.717) is 5.69 Å². The van der Waals surface area contributed by atoms with Crippen LogP contribution in [0.25, 0.3) is 0 Å². The van der Waals surface area contributed by atoms with E-state index < -0.39 is 0 Å². The maximum Gasteiger partial charge on any atom is 0.140 e. The Morgan fingerprint density at radius 2 is 2.12 bits per heavy atom. The first-order chi connectivity index (χ1) is 8.38. The van der Waals surface area contributed by atoms with E-state index >= 15 is 0 Å². The van der Waals surface area contributed by atoms with E-state index in [4.69, 9.17) is 5.26 Å². The molecule has 3 nitrogen and oxygen atoms in total. The van der Waals surface area contributed by atoms with Crippen LogP contribution in [0, 0.1) is 17.2 Å². The van der Waals surface area contributed by atoms with Crippen LogP contribution in [0.15, 0.2) is 18.3 Å². The highest BCUT2D eigenvalue weighted by Gasteiger charge is 2.35. The van der Waals surface area contributed by atoms with Gasteiger partial charge in [0.1, 0.15) is 11.8 Å². The molecule has 1 saturated carbocycles. The zero-order valence-electron chi connectivity index (χ0n) is 9.97.